The van der Waals surface area contributed by atoms with E-state index in [2.05, 4.69) is 15.4 Å². The highest BCUT2D eigenvalue weighted by Crippen LogP contribution is 2.27. The van der Waals surface area contributed by atoms with E-state index in [-0.39, 0.29) is 18.0 Å². The molecule has 146 valence electrons. The molecule has 4 rings (SSSR count). The summed E-state index contributed by atoms with van der Waals surface area (Å²) in [6, 6.07) is 5.40. The first-order valence-corrected chi connectivity index (χ1v) is 9.37. The predicted octanol–water partition coefficient (Wildman–Crippen LogP) is 3.10. The highest BCUT2D eigenvalue weighted by Gasteiger charge is 2.28. The van der Waals surface area contributed by atoms with Crippen LogP contribution in [0.1, 0.15) is 50.0 Å². The fourth-order valence-corrected chi connectivity index (χ4v) is 2.94. The van der Waals surface area contributed by atoms with Crippen molar-refractivity contribution in [3.05, 3.63) is 36.2 Å². The number of aromatic nitrogens is 3. The van der Waals surface area contributed by atoms with Crippen molar-refractivity contribution in [1.82, 2.24) is 20.1 Å². The molecule has 8 nitrogen and oxygen atoms in total. The van der Waals surface area contributed by atoms with Gasteiger partial charge in [0.25, 0.3) is 5.91 Å². The molecule has 3 aromatic rings. The molecule has 0 aliphatic heterocycles. The van der Waals surface area contributed by atoms with Gasteiger partial charge in [0.15, 0.2) is 17.5 Å². The van der Waals surface area contributed by atoms with Gasteiger partial charge in [-0.1, -0.05) is 0 Å². The van der Waals surface area contributed by atoms with E-state index in [1.165, 1.54) is 0 Å². The molecule has 1 fully saturated rings. The van der Waals surface area contributed by atoms with E-state index in [0.29, 0.717) is 28.1 Å². The number of rotatable bonds is 6. The van der Waals surface area contributed by atoms with Crippen LogP contribution in [0.4, 0.5) is 0 Å². The molecule has 28 heavy (non-hydrogen) atoms. The van der Waals surface area contributed by atoms with Crippen LogP contribution in [0.15, 0.2) is 35.1 Å². The first-order valence-electron chi connectivity index (χ1n) is 9.37. The maximum atomic E-state index is 12.9. The lowest BCUT2D eigenvalue weighted by atomic mass is 10.1. The highest BCUT2D eigenvalue weighted by molar-refractivity contribution is 6.04. The Hall–Kier alpha value is -3.16. The second kappa shape index (κ2) is 7.10. The first-order chi connectivity index (χ1) is 13.4. The van der Waals surface area contributed by atoms with Gasteiger partial charge in [-0.25, -0.2) is 14.5 Å². The zero-order valence-corrected chi connectivity index (χ0v) is 16.0. The van der Waals surface area contributed by atoms with Gasteiger partial charge in [-0.15, -0.1) is 0 Å². The van der Waals surface area contributed by atoms with Crippen molar-refractivity contribution in [3.8, 4) is 11.5 Å². The molecule has 1 amide bonds. The second-order valence-corrected chi connectivity index (χ2v) is 7.28. The molecule has 3 aromatic heterocycles. The third-order valence-corrected chi connectivity index (χ3v) is 4.63. The van der Waals surface area contributed by atoms with Crippen LogP contribution >= 0.6 is 0 Å². The molecule has 0 saturated heterocycles. The second-order valence-electron chi connectivity index (χ2n) is 7.28. The molecule has 3 heterocycles. The number of nitrogens with zero attached hydrogens (tertiary/aromatic N) is 3. The Morgan fingerprint density at radius 3 is 2.75 bits per heavy atom. The molecular weight excluding hydrogens is 360 g/mol. The van der Waals surface area contributed by atoms with Crippen LogP contribution in [-0.4, -0.2) is 38.8 Å². The zero-order valence-electron chi connectivity index (χ0n) is 16.0. The molecule has 8 heteroatoms. The summed E-state index contributed by atoms with van der Waals surface area (Å²) in [7, 11) is 0. The SMILES string of the molecule is CC(OC(=O)c1cc(-c2ccco2)nc2c1cnn2C(C)C)C(=O)NC1CC1. The molecule has 1 N–H and O–H groups in total. The molecule has 1 aliphatic carbocycles. The molecule has 0 aromatic carbocycles. The predicted molar refractivity (Wildman–Crippen MR) is 102 cm³/mol. The van der Waals surface area contributed by atoms with Gasteiger partial charge in [0.05, 0.1) is 23.4 Å². The lowest BCUT2D eigenvalue weighted by Gasteiger charge is -2.14. The normalized spacial score (nSPS) is 15.0. The summed E-state index contributed by atoms with van der Waals surface area (Å²) in [6.07, 6.45) is 4.20. The Bertz CT molecular complexity index is 1020. The van der Waals surface area contributed by atoms with Crippen molar-refractivity contribution in [2.75, 3.05) is 0 Å². The quantitative estimate of drug-likeness (QED) is 0.658. The minimum Gasteiger partial charge on any atom is -0.463 e. The lowest BCUT2D eigenvalue weighted by molar-refractivity contribution is -0.129. The van der Waals surface area contributed by atoms with Crippen LogP contribution in [0, 0.1) is 0 Å². The molecule has 1 unspecified atom stereocenters. The number of carbonyl (C=O) groups is 2. The highest BCUT2D eigenvalue weighted by atomic mass is 16.5. The van der Waals surface area contributed by atoms with E-state index >= 15 is 0 Å². The topological polar surface area (TPSA) is 99.2 Å². The Morgan fingerprint density at radius 1 is 1.32 bits per heavy atom. The number of pyridine rings is 1. The zero-order chi connectivity index (χ0) is 19.8. The van der Waals surface area contributed by atoms with Gasteiger partial charge >= 0.3 is 5.97 Å². The summed E-state index contributed by atoms with van der Waals surface area (Å²) in [6.45, 7) is 5.53. The van der Waals surface area contributed by atoms with Crippen LogP contribution in [0.25, 0.3) is 22.5 Å². The van der Waals surface area contributed by atoms with Crippen LogP contribution in [0.2, 0.25) is 0 Å². The van der Waals surface area contributed by atoms with Gasteiger partial charge in [0.1, 0.15) is 5.69 Å². The van der Waals surface area contributed by atoms with Crippen LogP contribution < -0.4 is 5.32 Å². The van der Waals surface area contributed by atoms with Gasteiger partial charge < -0.3 is 14.5 Å². The summed E-state index contributed by atoms with van der Waals surface area (Å²) < 4.78 is 12.6. The fourth-order valence-electron chi connectivity index (χ4n) is 2.94. The lowest BCUT2D eigenvalue weighted by Crippen LogP contribution is -2.37. The van der Waals surface area contributed by atoms with Crippen molar-refractivity contribution in [3.63, 3.8) is 0 Å². The number of hydrogen-bond donors (Lipinski definition) is 1. The van der Waals surface area contributed by atoms with Gasteiger partial charge in [-0.05, 0) is 51.8 Å². The fraction of sp³-hybridized carbons (Fsp3) is 0.400. The largest absolute Gasteiger partial charge is 0.463 e. The Labute approximate surface area is 161 Å². The summed E-state index contributed by atoms with van der Waals surface area (Å²) in [5, 5.41) is 7.77. The van der Waals surface area contributed by atoms with Crippen molar-refractivity contribution >= 4 is 22.9 Å². The number of esters is 1. The van der Waals surface area contributed by atoms with Gasteiger partial charge in [0.2, 0.25) is 0 Å². The minimum absolute atomic E-state index is 0.0592. The molecule has 1 saturated carbocycles. The summed E-state index contributed by atoms with van der Waals surface area (Å²) in [5.41, 5.74) is 1.36. The molecule has 0 radical (unpaired) electrons. The summed E-state index contributed by atoms with van der Waals surface area (Å²) >= 11 is 0. The molecule has 1 atom stereocenters. The van der Waals surface area contributed by atoms with Crippen LogP contribution in [0.3, 0.4) is 0 Å². The van der Waals surface area contributed by atoms with Crippen molar-refractivity contribution in [2.45, 2.75) is 51.8 Å². The standard InChI is InChI=1S/C20H22N4O4/c1-11(2)24-18-15(10-21-24)14(9-16(23-18)17-5-4-8-27-17)20(26)28-12(3)19(25)22-13-6-7-13/h4-5,8-13H,6-7H2,1-3H3,(H,22,25). The van der Waals surface area contributed by atoms with E-state index in [4.69, 9.17) is 9.15 Å². The number of fused-ring (bicyclic) bond motifs is 1. The number of furan rings is 1. The van der Waals surface area contributed by atoms with Crippen molar-refractivity contribution in [1.29, 1.82) is 0 Å². The number of amides is 1. The average Bonchev–Trinajstić information content (AvgIpc) is 3.15. The molecule has 0 spiro atoms. The van der Waals surface area contributed by atoms with Gasteiger partial charge in [-0.3, -0.25) is 4.79 Å². The monoisotopic (exact) mass is 382 g/mol. The number of hydrogen-bond acceptors (Lipinski definition) is 6. The summed E-state index contributed by atoms with van der Waals surface area (Å²) in [4.78, 5) is 29.6. The Balaban J connectivity index is 1.70. The Morgan fingerprint density at radius 2 is 2.11 bits per heavy atom. The van der Waals surface area contributed by atoms with E-state index < -0.39 is 12.1 Å². The third-order valence-electron chi connectivity index (χ3n) is 4.63. The van der Waals surface area contributed by atoms with Gasteiger partial charge in [-0.2, -0.15) is 5.10 Å². The number of ether oxygens (including phenoxy) is 1. The van der Waals surface area contributed by atoms with E-state index in [1.807, 2.05) is 13.8 Å². The van der Waals surface area contributed by atoms with Crippen molar-refractivity contribution in [2.24, 2.45) is 0 Å². The van der Waals surface area contributed by atoms with E-state index in [1.54, 1.807) is 42.3 Å². The first kappa shape index (κ1) is 18.2. The molecular formula is C20H22N4O4. The Kier molecular flexibility index (Phi) is 4.62. The van der Waals surface area contributed by atoms with Crippen molar-refractivity contribution < 1.29 is 18.7 Å². The maximum Gasteiger partial charge on any atom is 0.339 e. The van der Waals surface area contributed by atoms with Crippen LogP contribution in [-0.2, 0) is 9.53 Å². The summed E-state index contributed by atoms with van der Waals surface area (Å²) in [5.74, 6) is -0.348. The van der Waals surface area contributed by atoms with Gasteiger partial charge in [0, 0.05) is 12.1 Å². The maximum absolute atomic E-state index is 12.9. The van der Waals surface area contributed by atoms with Crippen LogP contribution in [0.5, 0.6) is 0 Å². The van der Waals surface area contributed by atoms with E-state index in [9.17, 15) is 9.59 Å². The smallest absolute Gasteiger partial charge is 0.339 e. The molecule has 0 bridgehead atoms. The molecule has 1 aliphatic rings. The third kappa shape index (κ3) is 3.49. The average molecular weight is 382 g/mol. The minimum atomic E-state index is -0.886. The van der Waals surface area contributed by atoms with E-state index in [0.717, 1.165) is 12.8 Å². The number of nitrogens with one attached hydrogen (secondary N) is 1. The number of carbonyl (C=O) groups excluding carboxylic acids is 2.